The average molecular weight is 372 g/mol. The van der Waals surface area contributed by atoms with Crippen molar-refractivity contribution < 1.29 is 24.1 Å². The van der Waals surface area contributed by atoms with Gasteiger partial charge in [0.15, 0.2) is 23.0 Å². The van der Waals surface area contributed by atoms with Gasteiger partial charge in [-0.3, -0.25) is 0 Å². The molecule has 0 aromatic heterocycles. The quantitative estimate of drug-likeness (QED) is 0.672. The lowest BCUT2D eigenvalue weighted by Crippen LogP contribution is -2.24. The average Bonchev–Trinajstić information content (AvgIpc) is 2.68. The Morgan fingerprint density at radius 2 is 1.74 bits per heavy atom. The van der Waals surface area contributed by atoms with Gasteiger partial charge in [-0.2, -0.15) is 0 Å². The Bertz CT molecular complexity index is 769. The first-order chi connectivity index (χ1) is 13.0. The van der Waals surface area contributed by atoms with E-state index in [2.05, 4.69) is 0 Å². The molecule has 2 atom stereocenters. The highest BCUT2D eigenvalue weighted by Crippen LogP contribution is 2.35. The van der Waals surface area contributed by atoms with E-state index in [9.17, 15) is 5.11 Å². The van der Waals surface area contributed by atoms with Gasteiger partial charge in [0.25, 0.3) is 0 Å². The molecule has 2 rings (SSSR count). The Hall–Kier alpha value is -2.66. The fourth-order valence-electron chi connectivity index (χ4n) is 2.89. The Labute approximate surface area is 161 Å². The number of allylic oxidation sites excluding steroid dienone is 1. The number of ether oxygens (including phenoxy) is 4. The normalized spacial score (nSPS) is 13.4. The minimum Gasteiger partial charge on any atom is -0.504 e. The molecule has 0 radical (unpaired) electrons. The van der Waals surface area contributed by atoms with Gasteiger partial charge in [-0.1, -0.05) is 24.3 Å². The van der Waals surface area contributed by atoms with E-state index in [1.54, 1.807) is 19.2 Å². The van der Waals surface area contributed by atoms with Gasteiger partial charge in [-0.05, 0) is 56.2 Å². The van der Waals surface area contributed by atoms with Crippen molar-refractivity contribution in [2.75, 3.05) is 20.8 Å². The summed E-state index contributed by atoms with van der Waals surface area (Å²) in [4.78, 5) is 0. The van der Waals surface area contributed by atoms with E-state index in [1.165, 1.54) is 7.11 Å². The van der Waals surface area contributed by atoms with E-state index < -0.39 is 0 Å². The second-order valence-electron chi connectivity index (χ2n) is 6.04. The van der Waals surface area contributed by atoms with Gasteiger partial charge < -0.3 is 24.1 Å². The largest absolute Gasteiger partial charge is 0.504 e. The first kappa shape index (κ1) is 20.6. The van der Waals surface area contributed by atoms with Crippen LogP contribution in [-0.4, -0.2) is 32.0 Å². The lowest BCUT2D eigenvalue weighted by atomic mass is 10.0. The van der Waals surface area contributed by atoms with Gasteiger partial charge in [0.2, 0.25) is 0 Å². The van der Waals surface area contributed by atoms with Crippen LogP contribution in [0.3, 0.4) is 0 Å². The van der Waals surface area contributed by atoms with Crippen molar-refractivity contribution in [3.8, 4) is 23.0 Å². The zero-order chi connectivity index (χ0) is 19.8. The number of rotatable bonds is 9. The smallest absolute Gasteiger partial charge is 0.161 e. The third-order valence-corrected chi connectivity index (χ3v) is 4.16. The molecule has 5 heteroatoms. The Morgan fingerprint density at radius 1 is 1.00 bits per heavy atom. The van der Waals surface area contributed by atoms with Crippen molar-refractivity contribution in [3.63, 3.8) is 0 Å². The summed E-state index contributed by atoms with van der Waals surface area (Å²) in [5.41, 5.74) is 1.91. The number of phenolic OH excluding ortho intramolecular Hbond substituents is 1. The summed E-state index contributed by atoms with van der Waals surface area (Å²) >= 11 is 0. The van der Waals surface area contributed by atoms with Gasteiger partial charge in [-0.15, -0.1) is 0 Å². The fraction of sp³-hybridized carbons (Fsp3) is 0.364. The van der Waals surface area contributed by atoms with Crippen molar-refractivity contribution in [1.82, 2.24) is 0 Å². The summed E-state index contributed by atoms with van der Waals surface area (Å²) in [6, 6.07) is 11.0. The topological polar surface area (TPSA) is 57.2 Å². The molecule has 27 heavy (non-hydrogen) atoms. The summed E-state index contributed by atoms with van der Waals surface area (Å²) in [5, 5.41) is 9.84. The summed E-state index contributed by atoms with van der Waals surface area (Å²) in [7, 11) is 3.14. The van der Waals surface area contributed by atoms with Gasteiger partial charge in [-0.25, -0.2) is 0 Å². The molecule has 0 saturated carbocycles. The van der Waals surface area contributed by atoms with E-state index in [-0.39, 0.29) is 18.0 Å². The second-order valence-corrected chi connectivity index (χ2v) is 6.04. The second kappa shape index (κ2) is 9.88. The molecule has 2 aromatic rings. The molecule has 0 bridgehead atoms. The predicted molar refractivity (Wildman–Crippen MR) is 107 cm³/mol. The van der Waals surface area contributed by atoms with Crippen LogP contribution < -0.4 is 14.2 Å². The zero-order valence-electron chi connectivity index (χ0n) is 16.6. The van der Waals surface area contributed by atoms with Crippen LogP contribution in [0.4, 0.5) is 0 Å². The highest BCUT2D eigenvalue weighted by molar-refractivity contribution is 5.55. The van der Waals surface area contributed by atoms with Crippen LogP contribution in [0.25, 0.3) is 6.08 Å². The minimum absolute atomic E-state index is 0.0892. The maximum absolute atomic E-state index is 9.84. The molecule has 0 aliphatic rings. The van der Waals surface area contributed by atoms with Gasteiger partial charge >= 0.3 is 0 Å². The fourth-order valence-corrected chi connectivity index (χ4v) is 2.89. The third-order valence-electron chi connectivity index (χ3n) is 4.16. The number of hydrogen-bond acceptors (Lipinski definition) is 5. The van der Waals surface area contributed by atoms with Crippen LogP contribution in [0.5, 0.6) is 23.0 Å². The number of phenols is 1. The van der Waals surface area contributed by atoms with Crippen LogP contribution in [-0.2, 0) is 4.74 Å². The molecule has 0 fully saturated rings. The SMILES string of the molecule is C/C=C/c1ccc(OC(C)C(OCC)c2ccc(O)c(OC)c2)c(OC)c1. The molecular formula is C22H28O5. The molecule has 2 aromatic carbocycles. The third kappa shape index (κ3) is 5.17. The molecule has 1 N–H and O–H groups in total. The number of benzene rings is 2. The van der Waals surface area contributed by atoms with Gasteiger partial charge in [0.05, 0.1) is 14.2 Å². The Balaban J connectivity index is 2.28. The molecule has 0 saturated heterocycles. The highest BCUT2D eigenvalue weighted by atomic mass is 16.6. The molecule has 0 aliphatic heterocycles. The molecule has 146 valence electrons. The predicted octanol–water partition coefficient (Wildman–Crippen LogP) is 4.99. The molecule has 0 spiro atoms. The minimum atomic E-state index is -0.329. The number of aromatic hydroxyl groups is 1. The summed E-state index contributed by atoms with van der Waals surface area (Å²) in [5.74, 6) is 1.80. The van der Waals surface area contributed by atoms with Crippen molar-refractivity contribution in [1.29, 1.82) is 0 Å². The van der Waals surface area contributed by atoms with Gasteiger partial charge in [0, 0.05) is 6.61 Å². The molecular weight excluding hydrogens is 344 g/mol. The Kier molecular flexibility index (Phi) is 7.55. The van der Waals surface area contributed by atoms with E-state index in [0.717, 1.165) is 11.1 Å². The summed E-state index contributed by atoms with van der Waals surface area (Å²) in [6.07, 6.45) is 3.35. The van der Waals surface area contributed by atoms with Crippen molar-refractivity contribution in [3.05, 3.63) is 53.6 Å². The van der Waals surface area contributed by atoms with Crippen molar-refractivity contribution >= 4 is 6.08 Å². The maximum atomic E-state index is 9.84. The molecule has 0 aliphatic carbocycles. The van der Waals surface area contributed by atoms with Crippen LogP contribution >= 0.6 is 0 Å². The highest BCUT2D eigenvalue weighted by Gasteiger charge is 2.24. The van der Waals surface area contributed by atoms with Crippen LogP contribution in [0.1, 0.15) is 38.0 Å². The van der Waals surface area contributed by atoms with Crippen molar-refractivity contribution in [2.24, 2.45) is 0 Å². The number of hydrogen-bond donors (Lipinski definition) is 1. The Morgan fingerprint density at radius 3 is 2.37 bits per heavy atom. The van der Waals surface area contributed by atoms with E-state index in [1.807, 2.05) is 57.2 Å². The summed E-state index contributed by atoms with van der Waals surface area (Å²) < 4.78 is 22.8. The van der Waals surface area contributed by atoms with E-state index >= 15 is 0 Å². The zero-order valence-corrected chi connectivity index (χ0v) is 16.6. The monoisotopic (exact) mass is 372 g/mol. The van der Waals surface area contributed by atoms with Crippen molar-refractivity contribution in [2.45, 2.75) is 33.0 Å². The first-order valence-electron chi connectivity index (χ1n) is 8.99. The summed E-state index contributed by atoms with van der Waals surface area (Å²) in [6.45, 7) is 6.37. The molecule has 2 unspecified atom stereocenters. The van der Waals surface area contributed by atoms with E-state index in [4.69, 9.17) is 18.9 Å². The maximum Gasteiger partial charge on any atom is 0.161 e. The lowest BCUT2D eigenvalue weighted by Gasteiger charge is -2.26. The standard InChI is InChI=1S/C22H28O5/c1-6-8-16-9-12-19(21(13-16)25-5)27-15(3)22(26-7-2)17-10-11-18(23)20(14-17)24-4/h6,8-15,22-23H,7H2,1-5H3/b8-6+. The number of methoxy groups -OCH3 is 2. The van der Waals surface area contributed by atoms with Crippen LogP contribution in [0.15, 0.2) is 42.5 Å². The first-order valence-corrected chi connectivity index (χ1v) is 8.99. The van der Waals surface area contributed by atoms with Crippen LogP contribution in [0.2, 0.25) is 0 Å². The van der Waals surface area contributed by atoms with Gasteiger partial charge in [0.1, 0.15) is 12.2 Å². The molecule has 0 amide bonds. The lowest BCUT2D eigenvalue weighted by molar-refractivity contribution is -0.0155. The van der Waals surface area contributed by atoms with Crippen LogP contribution in [0, 0.1) is 0 Å². The molecule has 5 nitrogen and oxygen atoms in total. The van der Waals surface area contributed by atoms with E-state index in [0.29, 0.717) is 23.9 Å². The molecule has 0 heterocycles.